The van der Waals surface area contributed by atoms with Crippen LogP contribution in [0.1, 0.15) is 18.5 Å². The molecule has 4 aromatic rings. The van der Waals surface area contributed by atoms with E-state index in [0.29, 0.717) is 34.7 Å². The van der Waals surface area contributed by atoms with Crippen LogP contribution in [0.4, 0.5) is 14.7 Å². The number of aldehydes is 1. The van der Waals surface area contributed by atoms with E-state index in [2.05, 4.69) is 35.6 Å². The fourth-order valence-corrected chi connectivity index (χ4v) is 5.66. The Morgan fingerprint density at radius 1 is 1.32 bits per heavy atom. The number of fused-ring (bicyclic) bond motifs is 1. The summed E-state index contributed by atoms with van der Waals surface area (Å²) in [5, 5.41) is 10.8. The first kappa shape index (κ1) is 25.6. The third-order valence-corrected chi connectivity index (χ3v) is 7.54. The SMILES string of the molecule is CC(N=[N+]=[N-])c1cnc(F)cc1-c1cccc2cc(-c3nc(NCCN4CCNC4C=O)ncc3F)sc12. The van der Waals surface area contributed by atoms with Gasteiger partial charge in [0, 0.05) is 53.6 Å². The van der Waals surface area contributed by atoms with Crippen molar-refractivity contribution in [2.75, 3.05) is 31.5 Å². The lowest BCUT2D eigenvalue weighted by Gasteiger charge is -2.19. The van der Waals surface area contributed by atoms with Gasteiger partial charge in [-0.15, -0.1) is 11.3 Å². The van der Waals surface area contributed by atoms with Gasteiger partial charge in [-0.25, -0.2) is 19.3 Å². The Bertz CT molecular complexity index is 1540. The van der Waals surface area contributed by atoms with E-state index in [4.69, 9.17) is 5.53 Å². The van der Waals surface area contributed by atoms with Crippen LogP contribution in [0, 0.1) is 11.8 Å². The second kappa shape index (κ2) is 11.2. The maximum absolute atomic E-state index is 14.9. The number of benzene rings is 1. The number of halogens is 2. The molecule has 0 spiro atoms. The molecule has 0 aliphatic carbocycles. The summed E-state index contributed by atoms with van der Waals surface area (Å²) in [5.41, 5.74) is 10.9. The summed E-state index contributed by atoms with van der Waals surface area (Å²) in [5.74, 6) is -0.955. The molecule has 0 radical (unpaired) electrons. The standard InChI is InChI=1S/C25H23F2N9OS/c1-14(34-35-28)18-11-31-21(27)10-17(18)16-4-2-3-15-9-20(38-24(15)16)23-19(26)12-32-25(33-23)30-6-8-36-7-5-29-22(36)13-37/h2-4,9-14,22,29H,5-8H2,1H3,(H,30,32,33). The Balaban J connectivity index is 1.46. The smallest absolute Gasteiger partial charge is 0.223 e. The number of pyridine rings is 1. The van der Waals surface area contributed by atoms with Crippen LogP contribution in [0.3, 0.4) is 0 Å². The van der Waals surface area contributed by atoms with Crippen LogP contribution in [0.2, 0.25) is 0 Å². The molecule has 2 atom stereocenters. The number of carbonyl (C=O) groups excluding carboxylic acids is 1. The Hall–Kier alpha value is -4.03. The van der Waals surface area contributed by atoms with Gasteiger partial charge in [-0.2, -0.15) is 4.39 Å². The van der Waals surface area contributed by atoms with E-state index >= 15 is 0 Å². The van der Waals surface area contributed by atoms with E-state index in [-0.39, 0.29) is 17.8 Å². The number of thiophene rings is 1. The van der Waals surface area contributed by atoms with Crippen molar-refractivity contribution in [3.63, 3.8) is 0 Å². The minimum absolute atomic E-state index is 0.145. The monoisotopic (exact) mass is 535 g/mol. The molecule has 194 valence electrons. The van der Waals surface area contributed by atoms with E-state index in [1.54, 1.807) is 6.92 Å². The van der Waals surface area contributed by atoms with Crippen LogP contribution in [-0.4, -0.2) is 58.5 Å². The van der Waals surface area contributed by atoms with Gasteiger partial charge in [0.2, 0.25) is 11.9 Å². The highest BCUT2D eigenvalue weighted by atomic mass is 32.1. The molecule has 1 aromatic carbocycles. The van der Waals surface area contributed by atoms with Gasteiger partial charge in [-0.3, -0.25) is 10.2 Å². The zero-order valence-electron chi connectivity index (χ0n) is 20.3. The number of aromatic nitrogens is 3. The van der Waals surface area contributed by atoms with Crippen molar-refractivity contribution in [2.24, 2.45) is 5.11 Å². The maximum Gasteiger partial charge on any atom is 0.223 e. The quantitative estimate of drug-likeness (QED) is 0.102. The molecule has 1 saturated heterocycles. The molecule has 1 aliphatic rings. The fraction of sp³-hybridized carbons (Fsp3) is 0.280. The number of hydrogen-bond acceptors (Lipinski definition) is 9. The molecule has 2 N–H and O–H groups in total. The molecule has 0 amide bonds. The van der Waals surface area contributed by atoms with Crippen LogP contribution in [0.15, 0.2) is 47.8 Å². The fourth-order valence-electron chi connectivity index (χ4n) is 4.48. The van der Waals surface area contributed by atoms with E-state index in [1.807, 2.05) is 29.2 Å². The minimum atomic E-state index is -0.660. The Labute approximate surface area is 220 Å². The number of hydrogen-bond donors (Lipinski definition) is 2. The number of nitrogens with one attached hydrogen (secondary N) is 2. The molecular formula is C25H23F2N9OS. The highest BCUT2D eigenvalue weighted by Crippen LogP contribution is 2.41. The highest BCUT2D eigenvalue weighted by Gasteiger charge is 2.23. The Morgan fingerprint density at radius 2 is 2.18 bits per heavy atom. The molecule has 10 nitrogen and oxygen atoms in total. The van der Waals surface area contributed by atoms with Crippen LogP contribution >= 0.6 is 11.3 Å². The van der Waals surface area contributed by atoms with Gasteiger partial charge < -0.3 is 10.1 Å². The molecule has 2 unspecified atom stereocenters. The molecule has 13 heteroatoms. The van der Waals surface area contributed by atoms with Gasteiger partial charge >= 0.3 is 0 Å². The summed E-state index contributed by atoms with van der Waals surface area (Å²) in [4.78, 5) is 28.8. The second-order valence-corrected chi connectivity index (χ2v) is 9.75. The topological polar surface area (TPSA) is 132 Å². The summed E-state index contributed by atoms with van der Waals surface area (Å²) in [6, 6.07) is 8.13. The lowest BCUT2D eigenvalue weighted by atomic mass is 9.97. The van der Waals surface area contributed by atoms with Gasteiger partial charge in [-0.05, 0) is 28.1 Å². The van der Waals surface area contributed by atoms with Gasteiger partial charge in [0.05, 0.1) is 17.1 Å². The molecule has 38 heavy (non-hydrogen) atoms. The predicted octanol–water partition coefficient (Wildman–Crippen LogP) is 4.91. The summed E-state index contributed by atoms with van der Waals surface area (Å²) < 4.78 is 29.9. The van der Waals surface area contributed by atoms with Crippen molar-refractivity contribution < 1.29 is 13.6 Å². The lowest BCUT2D eigenvalue weighted by Crippen LogP contribution is -2.39. The Kier molecular flexibility index (Phi) is 7.52. The van der Waals surface area contributed by atoms with Gasteiger partial charge in [-0.1, -0.05) is 30.2 Å². The number of carbonyl (C=O) groups is 1. The minimum Gasteiger partial charge on any atom is -0.353 e. The molecule has 5 rings (SSSR count). The van der Waals surface area contributed by atoms with Gasteiger partial charge in [0.15, 0.2) is 12.1 Å². The van der Waals surface area contributed by atoms with Gasteiger partial charge in [0.25, 0.3) is 0 Å². The summed E-state index contributed by atoms with van der Waals surface area (Å²) in [6.07, 6.45) is 3.06. The molecule has 4 heterocycles. The average molecular weight is 536 g/mol. The van der Waals surface area contributed by atoms with E-state index in [0.717, 1.165) is 35.7 Å². The van der Waals surface area contributed by atoms with Crippen LogP contribution < -0.4 is 10.6 Å². The van der Waals surface area contributed by atoms with Crippen LogP contribution in [0.25, 0.3) is 42.2 Å². The van der Waals surface area contributed by atoms with Crippen LogP contribution in [-0.2, 0) is 4.79 Å². The first-order valence-electron chi connectivity index (χ1n) is 11.9. The average Bonchev–Trinajstić information content (AvgIpc) is 3.56. The predicted molar refractivity (Wildman–Crippen MR) is 141 cm³/mol. The number of azide groups is 1. The summed E-state index contributed by atoms with van der Waals surface area (Å²) in [6.45, 7) is 4.29. The zero-order valence-corrected chi connectivity index (χ0v) is 21.1. The third-order valence-electron chi connectivity index (χ3n) is 6.35. The number of nitrogens with zero attached hydrogens (tertiary/aromatic N) is 7. The molecule has 1 aliphatic heterocycles. The van der Waals surface area contributed by atoms with Crippen molar-refractivity contribution in [1.82, 2.24) is 25.2 Å². The zero-order chi connectivity index (χ0) is 26.6. The molecular weight excluding hydrogens is 512 g/mol. The molecule has 0 saturated carbocycles. The van der Waals surface area contributed by atoms with Crippen molar-refractivity contribution in [1.29, 1.82) is 0 Å². The summed E-state index contributed by atoms with van der Waals surface area (Å²) in [7, 11) is 0. The number of anilines is 1. The molecule has 3 aromatic heterocycles. The normalized spacial score (nSPS) is 16.3. The van der Waals surface area contributed by atoms with Gasteiger partial charge in [0.1, 0.15) is 11.9 Å². The molecule has 0 bridgehead atoms. The maximum atomic E-state index is 14.9. The van der Waals surface area contributed by atoms with Crippen molar-refractivity contribution in [3.05, 3.63) is 70.5 Å². The van der Waals surface area contributed by atoms with Crippen LogP contribution in [0.5, 0.6) is 0 Å². The summed E-state index contributed by atoms with van der Waals surface area (Å²) >= 11 is 1.32. The van der Waals surface area contributed by atoms with Crippen molar-refractivity contribution in [3.8, 4) is 21.7 Å². The largest absolute Gasteiger partial charge is 0.353 e. The third kappa shape index (κ3) is 5.18. The first-order chi connectivity index (χ1) is 18.5. The Morgan fingerprint density at radius 3 is 3.00 bits per heavy atom. The van der Waals surface area contributed by atoms with E-state index in [9.17, 15) is 13.6 Å². The molecule has 1 fully saturated rings. The number of rotatable bonds is 9. The highest BCUT2D eigenvalue weighted by molar-refractivity contribution is 7.22. The van der Waals surface area contributed by atoms with Crippen molar-refractivity contribution >= 4 is 33.7 Å². The van der Waals surface area contributed by atoms with E-state index in [1.165, 1.54) is 23.6 Å². The first-order valence-corrected chi connectivity index (χ1v) is 12.7. The van der Waals surface area contributed by atoms with Crippen molar-refractivity contribution in [2.45, 2.75) is 19.1 Å². The second-order valence-electron chi connectivity index (χ2n) is 8.70. The lowest BCUT2D eigenvalue weighted by molar-refractivity contribution is -0.112. The van der Waals surface area contributed by atoms with E-state index < -0.39 is 17.8 Å².